The monoisotopic (exact) mass is 246 g/mol. The Hall–Kier alpha value is -1.88. The number of hydrogen-bond donors (Lipinski definition) is 3. The molecule has 1 aromatic rings. The van der Waals surface area contributed by atoms with E-state index in [0.717, 1.165) is 32.5 Å². The number of aromatic nitrogens is 1. The molecule has 1 aromatic heterocycles. The number of carbonyl (C=O) groups is 1. The minimum atomic E-state index is -0.429. The number of hydrogen-bond acceptors (Lipinski definition) is 4. The molecule has 18 heavy (non-hydrogen) atoms. The minimum absolute atomic E-state index is 0.429. The Kier molecular flexibility index (Phi) is 4.30. The van der Waals surface area contributed by atoms with Gasteiger partial charge in [0.2, 0.25) is 5.91 Å². The molecule has 0 fully saturated rings. The van der Waals surface area contributed by atoms with Gasteiger partial charge < -0.3 is 16.4 Å². The zero-order valence-electron chi connectivity index (χ0n) is 10.3. The van der Waals surface area contributed by atoms with Crippen LogP contribution in [0.4, 0.5) is 5.82 Å². The summed E-state index contributed by atoms with van der Waals surface area (Å²) in [6, 6.07) is 3.29. The molecule has 5 heteroatoms. The van der Waals surface area contributed by atoms with E-state index in [1.807, 2.05) is 0 Å². The first kappa shape index (κ1) is 12.6. The second-order valence-electron chi connectivity index (χ2n) is 4.29. The topological polar surface area (TPSA) is 80.0 Å². The van der Waals surface area contributed by atoms with Crippen LogP contribution < -0.4 is 16.4 Å². The standard InChI is InChI=1S/C13H18N4O/c14-13(18)11-4-8-17-12(9-11)16-7-3-10-1-5-15-6-2-10/h1,4,8-9,15H,2-3,5-7H2,(H2,14,18)(H,16,17). The maximum absolute atomic E-state index is 11.0. The van der Waals surface area contributed by atoms with Crippen LogP contribution in [0.5, 0.6) is 0 Å². The summed E-state index contributed by atoms with van der Waals surface area (Å²) >= 11 is 0. The number of pyridine rings is 1. The fourth-order valence-corrected chi connectivity index (χ4v) is 1.93. The highest BCUT2D eigenvalue weighted by Gasteiger charge is 2.04. The van der Waals surface area contributed by atoms with Crippen LogP contribution in [0.3, 0.4) is 0 Å². The average molecular weight is 246 g/mol. The third-order valence-corrected chi connectivity index (χ3v) is 2.95. The Bertz CT molecular complexity index is 456. The second kappa shape index (κ2) is 6.16. The first-order valence-corrected chi connectivity index (χ1v) is 6.14. The van der Waals surface area contributed by atoms with Crippen molar-refractivity contribution in [3.05, 3.63) is 35.5 Å². The molecule has 0 aromatic carbocycles. The largest absolute Gasteiger partial charge is 0.370 e. The van der Waals surface area contributed by atoms with Gasteiger partial charge in [-0.05, 0) is 31.5 Å². The third kappa shape index (κ3) is 3.56. The van der Waals surface area contributed by atoms with E-state index in [2.05, 4.69) is 21.7 Å². The van der Waals surface area contributed by atoms with E-state index in [1.54, 1.807) is 18.3 Å². The maximum atomic E-state index is 11.0. The molecule has 0 saturated carbocycles. The van der Waals surface area contributed by atoms with Gasteiger partial charge in [0.05, 0.1) is 0 Å². The molecule has 0 radical (unpaired) electrons. The van der Waals surface area contributed by atoms with E-state index in [-0.39, 0.29) is 0 Å². The number of primary amides is 1. The van der Waals surface area contributed by atoms with Crippen LogP contribution in [0.2, 0.25) is 0 Å². The van der Waals surface area contributed by atoms with E-state index in [1.165, 1.54) is 5.57 Å². The van der Waals surface area contributed by atoms with Crippen LogP contribution in [-0.4, -0.2) is 30.5 Å². The van der Waals surface area contributed by atoms with E-state index in [0.29, 0.717) is 11.4 Å². The minimum Gasteiger partial charge on any atom is -0.370 e. The van der Waals surface area contributed by atoms with Crippen molar-refractivity contribution in [1.29, 1.82) is 0 Å². The van der Waals surface area contributed by atoms with E-state index in [9.17, 15) is 4.79 Å². The van der Waals surface area contributed by atoms with Gasteiger partial charge in [0.15, 0.2) is 0 Å². The van der Waals surface area contributed by atoms with Crippen LogP contribution in [0.1, 0.15) is 23.2 Å². The fraction of sp³-hybridized carbons (Fsp3) is 0.385. The first-order chi connectivity index (χ1) is 8.75. The van der Waals surface area contributed by atoms with Gasteiger partial charge in [-0.2, -0.15) is 0 Å². The Balaban J connectivity index is 1.84. The van der Waals surface area contributed by atoms with Crippen molar-refractivity contribution in [2.45, 2.75) is 12.8 Å². The number of nitrogens with zero attached hydrogens (tertiary/aromatic N) is 1. The molecule has 4 N–H and O–H groups in total. The van der Waals surface area contributed by atoms with Crippen molar-refractivity contribution in [3.8, 4) is 0 Å². The summed E-state index contributed by atoms with van der Waals surface area (Å²) < 4.78 is 0. The highest BCUT2D eigenvalue weighted by Crippen LogP contribution is 2.11. The third-order valence-electron chi connectivity index (χ3n) is 2.95. The van der Waals surface area contributed by atoms with Crippen molar-refractivity contribution in [2.75, 3.05) is 25.0 Å². The zero-order valence-corrected chi connectivity index (χ0v) is 10.3. The maximum Gasteiger partial charge on any atom is 0.248 e. The molecule has 1 aliphatic rings. The van der Waals surface area contributed by atoms with Gasteiger partial charge in [-0.1, -0.05) is 11.6 Å². The summed E-state index contributed by atoms with van der Waals surface area (Å²) in [6.07, 6.45) is 5.94. The number of anilines is 1. The molecule has 0 aliphatic carbocycles. The SMILES string of the molecule is NC(=O)c1ccnc(NCCC2=CCNCC2)c1. The Morgan fingerprint density at radius 1 is 1.56 bits per heavy atom. The van der Waals surface area contributed by atoms with Crippen molar-refractivity contribution >= 4 is 11.7 Å². The molecule has 0 saturated heterocycles. The molecule has 5 nitrogen and oxygen atoms in total. The lowest BCUT2D eigenvalue weighted by Gasteiger charge is -2.14. The summed E-state index contributed by atoms with van der Waals surface area (Å²) in [5.74, 6) is 0.266. The van der Waals surface area contributed by atoms with E-state index < -0.39 is 5.91 Å². The van der Waals surface area contributed by atoms with Crippen LogP contribution in [-0.2, 0) is 0 Å². The average Bonchev–Trinajstić information content (AvgIpc) is 2.40. The van der Waals surface area contributed by atoms with Crippen molar-refractivity contribution in [3.63, 3.8) is 0 Å². The lowest BCUT2D eigenvalue weighted by atomic mass is 10.1. The van der Waals surface area contributed by atoms with Gasteiger partial charge in [0.1, 0.15) is 5.82 Å². The molecule has 2 heterocycles. The molecule has 0 unspecified atom stereocenters. The summed E-state index contributed by atoms with van der Waals surface area (Å²) in [5, 5.41) is 6.49. The Morgan fingerprint density at radius 2 is 2.44 bits per heavy atom. The summed E-state index contributed by atoms with van der Waals surface area (Å²) in [6.45, 7) is 2.84. The zero-order chi connectivity index (χ0) is 12.8. The predicted octanol–water partition coefficient (Wildman–Crippen LogP) is 0.902. The van der Waals surface area contributed by atoms with Gasteiger partial charge in [0, 0.05) is 24.8 Å². The quantitative estimate of drug-likeness (QED) is 0.674. The number of nitrogens with two attached hydrogens (primary N) is 1. The van der Waals surface area contributed by atoms with Crippen molar-refractivity contribution in [2.24, 2.45) is 5.73 Å². The van der Waals surface area contributed by atoms with Gasteiger partial charge in [-0.25, -0.2) is 4.98 Å². The first-order valence-electron chi connectivity index (χ1n) is 6.14. The van der Waals surface area contributed by atoms with Gasteiger partial charge >= 0.3 is 0 Å². The molecule has 0 atom stereocenters. The highest BCUT2D eigenvalue weighted by atomic mass is 16.1. The Labute approximate surface area is 106 Å². The van der Waals surface area contributed by atoms with Crippen LogP contribution in [0.15, 0.2) is 30.0 Å². The van der Waals surface area contributed by atoms with Crippen molar-refractivity contribution in [1.82, 2.24) is 10.3 Å². The van der Waals surface area contributed by atoms with Crippen molar-refractivity contribution < 1.29 is 4.79 Å². The highest BCUT2D eigenvalue weighted by molar-refractivity contribution is 5.93. The summed E-state index contributed by atoms with van der Waals surface area (Å²) in [5.41, 5.74) is 7.16. The van der Waals surface area contributed by atoms with Crippen LogP contribution in [0, 0.1) is 0 Å². The fourth-order valence-electron chi connectivity index (χ4n) is 1.93. The number of amides is 1. The van der Waals surface area contributed by atoms with Gasteiger partial charge in [0.25, 0.3) is 0 Å². The number of nitrogens with one attached hydrogen (secondary N) is 2. The smallest absolute Gasteiger partial charge is 0.248 e. The molecule has 96 valence electrons. The van der Waals surface area contributed by atoms with Crippen LogP contribution >= 0.6 is 0 Å². The molecular weight excluding hydrogens is 228 g/mol. The van der Waals surface area contributed by atoms with Crippen LogP contribution in [0.25, 0.3) is 0 Å². The molecule has 2 rings (SSSR count). The lowest BCUT2D eigenvalue weighted by molar-refractivity contribution is 0.1000. The van der Waals surface area contributed by atoms with E-state index in [4.69, 9.17) is 5.73 Å². The Morgan fingerprint density at radius 3 is 3.17 bits per heavy atom. The van der Waals surface area contributed by atoms with Gasteiger partial charge in [-0.3, -0.25) is 4.79 Å². The molecular formula is C13H18N4O. The van der Waals surface area contributed by atoms with E-state index >= 15 is 0 Å². The molecule has 1 amide bonds. The lowest BCUT2D eigenvalue weighted by Crippen LogP contribution is -2.21. The summed E-state index contributed by atoms with van der Waals surface area (Å²) in [7, 11) is 0. The van der Waals surface area contributed by atoms with Gasteiger partial charge in [-0.15, -0.1) is 0 Å². The number of rotatable bonds is 5. The molecule has 0 spiro atoms. The normalized spacial score (nSPS) is 15.0. The molecule has 0 bridgehead atoms. The number of carbonyl (C=O) groups excluding carboxylic acids is 1. The predicted molar refractivity (Wildman–Crippen MR) is 71.4 cm³/mol. The summed E-state index contributed by atoms with van der Waals surface area (Å²) in [4.78, 5) is 15.2. The second-order valence-corrected chi connectivity index (χ2v) is 4.29. The molecule has 1 aliphatic heterocycles.